The number of carbonyl (C=O) groups is 1. The van der Waals surface area contributed by atoms with Crippen LogP contribution in [0.3, 0.4) is 0 Å². The third kappa shape index (κ3) is 5.20. The second kappa shape index (κ2) is 10.5. The lowest BCUT2D eigenvalue weighted by Gasteiger charge is -2.33. The van der Waals surface area contributed by atoms with Crippen molar-refractivity contribution in [2.24, 2.45) is 5.41 Å². The summed E-state index contributed by atoms with van der Waals surface area (Å²) in [6.45, 7) is 8.81. The van der Waals surface area contributed by atoms with E-state index in [1.54, 1.807) is 25.4 Å². The van der Waals surface area contributed by atoms with Crippen LogP contribution in [0.15, 0.2) is 52.0 Å². The number of carbonyl (C=O) groups excluding carboxylic acids is 1. The standard InChI is InChI=1S/C29H34ClN5O3/c1-17-23-26(34-38-17)24-21(30)11-6-12-22(24)35(28(23)37)20-10-5-9-19(14-20)33-27(36)25(32-16-29(2,3)4)18-8-7-13-31-15-18/h6-8,11-13,15,19-20,25,32H,5,9-10,14,16H2,1-4H3,(H,33,36). The molecule has 3 aromatic heterocycles. The molecule has 1 saturated carbocycles. The van der Waals surface area contributed by atoms with Gasteiger partial charge in [-0.25, -0.2) is 0 Å². The molecule has 2 N–H and O–H groups in total. The summed E-state index contributed by atoms with van der Waals surface area (Å²) >= 11 is 6.59. The van der Waals surface area contributed by atoms with Crippen molar-refractivity contribution in [2.45, 2.75) is 71.5 Å². The molecule has 0 bridgehead atoms. The fourth-order valence-corrected chi connectivity index (χ4v) is 5.73. The van der Waals surface area contributed by atoms with Gasteiger partial charge in [-0.05, 0) is 61.8 Å². The highest BCUT2D eigenvalue weighted by Crippen LogP contribution is 2.35. The van der Waals surface area contributed by atoms with E-state index in [4.69, 9.17) is 16.1 Å². The Labute approximate surface area is 226 Å². The second-order valence-corrected chi connectivity index (χ2v) is 11.9. The summed E-state index contributed by atoms with van der Waals surface area (Å²) in [6, 6.07) is 8.64. The number of amides is 1. The summed E-state index contributed by atoms with van der Waals surface area (Å²) in [6.07, 6.45) is 6.65. The fraction of sp³-hybridized carbons (Fsp3) is 0.448. The number of pyridine rings is 2. The highest BCUT2D eigenvalue weighted by atomic mass is 35.5. The molecule has 1 fully saturated rings. The number of fused-ring (bicyclic) bond motifs is 3. The minimum Gasteiger partial charge on any atom is -0.360 e. The molecule has 0 spiro atoms. The van der Waals surface area contributed by atoms with Crippen LogP contribution in [-0.4, -0.2) is 33.2 Å². The van der Waals surface area contributed by atoms with E-state index >= 15 is 0 Å². The van der Waals surface area contributed by atoms with Crippen molar-refractivity contribution < 1.29 is 9.32 Å². The molecule has 9 heteroatoms. The van der Waals surface area contributed by atoms with Crippen LogP contribution >= 0.6 is 11.6 Å². The molecule has 8 nitrogen and oxygen atoms in total. The lowest BCUT2D eigenvalue weighted by Crippen LogP contribution is -2.46. The summed E-state index contributed by atoms with van der Waals surface area (Å²) in [7, 11) is 0. The number of halogens is 1. The van der Waals surface area contributed by atoms with Gasteiger partial charge in [0.05, 0.1) is 10.5 Å². The van der Waals surface area contributed by atoms with Gasteiger partial charge in [-0.1, -0.05) is 49.7 Å². The maximum absolute atomic E-state index is 13.8. The van der Waals surface area contributed by atoms with E-state index in [1.165, 1.54) is 0 Å². The van der Waals surface area contributed by atoms with Crippen LogP contribution in [0.2, 0.25) is 5.02 Å². The molecule has 4 aromatic rings. The normalized spacial score (nSPS) is 19.1. The third-order valence-electron chi connectivity index (χ3n) is 7.26. The zero-order chi connectivity index (χ0) is 27.0. The molecule has 3 atom stereocenters. The lowest BCUT2D eigenvalue weighted by molar-refractivity contribution is -0.124. The van der Waals surface area contributed by atoms with Gasteiger partial charge in [0.2, 0.25) is 5.91 Å². The van der Waals surface area contributed by atoms with Crippen LogP contribution in [0, 0.1) is 12.3 Å². The number of rotatable bonds is 6. The van der Waals surface area contributed by atoms with Crippen molar-refractivity contribution in [2.75, 3.05) is 6.54 Å². The van der Waals surface area contributed by atoms with E-state index in [0.717, 1.165) is 35.7 Å². The molecule has 1 amide bonds. The Morgan fingerprint density at radius 3 is 2.76 bits per heavy atom. The summed E-state index contributed by atoms with van der Waals surface area (Å²) in [5, 5.41) is 12.6. The third-order valence-corrected chi connectivity index (χ3v) is 7.57. The number of benzene rings is 1. The first-order chi connectivity index (χ1) is 18.1. The number of nitrogens with zero attached hydrogens (tertiary/aromatic N) is 3. The predicted molar refractivity (Wildman–Crippen MR) is 149 cm³/mol. The van der Waals surface area contributed by atoms with Crippen LogP contribution in [0.4, 0.5) is 0 Å². The largest absolute Gasteiger partial charge is 0.360 e. The predicted octanol–water partition coefficient (Wildman–Crippen LogP) is 5.48. The molecule has 200 valence electrons. The second-order valence-electron chi connectivity index (χ2n) is 11.5. The molecule has 3 unspecified atom stereocenters. The molecule has 1 aliphatic carbocycles. The van der Waals surface area contributed by atoms with Crippen molar-refractivity contribution in [1.82, 2.24) is 25.3 Å². The average Bonchev–Trinajstić information content (AvgIpc) is 3.26. The van der Waals surface area contributed by atoms with E-state index in [0.29, 0.717) is 34.7 Å². The first-order valence-corrected chi connectivity index (χ1v) is 13.5. The molecule has 1 aromatic carbocycles. The molecular weight excluding hydrogens is 502 g/mol. The first kappa shape index (κ1) is 26.4. The molecular formula is C29H34ClN5O3. The van der Waals surface area contributed by atoms with Crippen LogP contribution in [-0.2, 0) is 4.79 Å². The SMILES string of the molecule is Cc1onc2c1c(=O)n(C1CCCC(NC(=O)C(NCC(C)(C)C)c3cccnc3)C1)c1cccc(Cl)c21. The molecule has 0 saturated heterocycles. The summed E-state index contributed by atoms with van der Waals surface area (Å²) in [4.78, 5) is 31.5. The Morgan fingerprint density at radius 1 is 1.21 bits per heavy atom. The van der Waals surface area contributed by atoms with Gasteiger partial charge in [-0.2, -0.15) is 0 Å². The molecule has 0 radical (unpaired) electrons. The van der Waals surface area contributed by atoms with Gasteiger partial charge >= 0.3 is 0 Å². The van der Waals surface area contributed by atoms with Gasteiger partial charge in [-0.3, -0.25) is 14.6 Å². The number of aromatic nitrogens is 3. The van der Waals surface area contributed by atoms with Crippen molar-refractivity contribution in [3.63, 3.8) is 0 Å². The summed E-state index contributed by atoms with van der Waals surface area (Å²) in [5.41, 5.74) is 1.94. The van der Waals surface area contributed by atoms with Crippen molar-refractivity contribution in [3.05, 3.63) is 69.4 Å². The van der Waals surface area contributed by atoms with E-state index in [9.17, 15) is 9.59 Å². The molecule has 38 heavy (non-hydrogen) atoms. The zero-order valence-electron chi connectivity index (χ0n) is 22.3. The van der Waals surface area contributed by atoms with Crippen LogP contribution in [0.5, 0.6) is 0 Å². The molecule has 0 aliphatic heterocycles. The van der Waals surface area contributed by atoms with Gasteiger partial charge < -0.3 is 19.7 Å². The van der Waals surface area contributed by atoms with Crippen molar-refractivity contribution in [1.29, 1.82) is 0 Å². The average molecular weight is 536 g/mol. The maximum atomic E-state index is 13.8. The van der Waals surface area contributed by atoms with Gasteiger partial charge in [0.1, 0.15) is 22.7 Å². The van der Waals surface area contributed by atoms with Crippen LogP contribution in [0.1, 0.15) is 69.9 Å². The van der Waals surface area contributed by atoms with Gasteiger partial charge in [-0.15, -0.1) is 0 Å². The maximum Gasteiger partial charge on any atom is 0.264 e. The number of hydrogen-bond acceptors (Lipinski definition) is 6. The fourth-order valence-electron chi connectivity index (χ4n) is 5.47. The van der Waals surface area contributed by atoms with E-state index < -0.39 is 6.04 Å². The van der Waals surface area contributed by atoms with E-state index in [1.807, 2.05) is 28.8 Å². The Hall–Kier alpha value is -3.23. The Bertz CT molecular complexity index is 1520. The van der Waals surface area contributed by atoms with E-state index in [2.05, 4.69) is 41.5 Å². The minimum atomic E-state index is -0.512. The van der Waals surface area contributed by atoms with Crippen LogP contribution < -0.4 is 16.2 Å². The van der Waals surface area contributed by atoms with Crippen molar-refractivity contribution >= 4 is 39.3 Å². The Kier molecular flexibility index (Phi) is 7.29. The lowest BCUT2D eigenvalue weighted by atomic mass is 9.89. The van der Waals surface area contributed by atoms with Crippen LogP contribution in [0.25, 0.3) is 21.8 Å². The topological polar surface area (TPSA) is 102 Å². The quantitative estimate of drug-likeness (QED) is 0.339. The van der Waals surface area contributed by atoms with Gasteiger partial charge in [0, 0.05) is 36.4 Å². The Balaban J connectivity index is 1.44. The number of aryl methyl sites for hydroxylation is 1. The zero-order valence-corrected chi connectivity index (χ0v) is 23.0. The van der Waals surface area contributed by atoms with Gasteiger partial charge in [0.15, 0.2) is 0 Å². The van der Waals surface area contributed by atoms with Gasteiger partial charge in [0.25, 0.3) is 5.56 Å². The first-order valence-electron chi connectivity index (χ1n) is 13.2. The summed E-state index contributed by atoms with van der Waals surface area (Å²) < 4.78 is 7.23. The molecule has 1 aliphatic rings. The molecule has 5 rings (SSSR count). The summed E-state index contributed by atoms with van der Waals surface area (Å²) in [5.74, 6) is 0.393. The monoisotopic (exact) mass is 535 g/mol. The molecule has 3 heterocycles. The van der Waals surface area contributed by atoms with Crippen molar-refractivity contribution in [3.8, 4) is 0 Å². The smallest absolute Gasteiger partial charge is 0.264 e. The Morgan fingerprint density at radius 2 is 2.03 bits per heavy atom. The van der Waals surface area contributed by atoms with E-state index in [-0.39, 0.29) is 29.0 Å². The number of nitrogens with one attached hydrogen (secondary N) is 2. The minimum absolute atomic E-state index is 0.0128. The number of hydrogen-bond donors (Lipinski definition) is 2. The highest BCUT2D eigenvalue weighted by molar-refractivity contribution is 6.37. The highest BCUT2D eigenvalue weighted by Gasteiger charge is 2.31.